The van der Waals surface area contributed by atoms with Crippen LogP contribution in [0.4, 0.5) is 5.95 Å². The molecule has 0 amide bonds. The van der Waals surface area contributed by atoms with E-state index < -0.39 is 0 Å². The van der Waals surface area contributed by atoms with Gasteiger partial charge in [-0.15, -0.1) is 0 Å². The molecule has 0 saturated carbocycles. The van der Waals surface area contributed by atoms with Crippen LogP contribution in [0.1, 0.15) is 6.92 Å². The molecule has 0 fully saturated rings. The van der Waals surface area contributed by atoms with Crippen molar-refractivity contribution in [2.45, 2.75) is 13.5 Å². The number of hydrogen-bond acceptors (Lipinski definition) is 4. The molecule has 1 atom stereocenters. The summed E-state index contributed by atoms with van der Waals surface area (Å²) >= 11 is 0. The summed E-state index contributed by atoms with van der Waals surface area (Å²) in [5.41, 5.74) is 0.298. The van der Waals surface area contributed by atoms with E-state index in [2.05, 4.69) is 17.2 Å². The van der Waals surface area contributed by atoms with Crippen LogP contribution in [0.3, 0.4) is 0 Å². The van der Waals surface area contributed by atoms with Gasteiger partial charge in [0.15, 0.2) is 11.2 Å². The molecule has 2 aromatic heterocycles. The Balaban J connectivity index is 2.49. The van der Waals surface area contributed by atoms with Crippen LogP contribution in [-0.2, 0) is 20.6 Å². The molecule has 1 aliphatic heterocycles. The van der Waals surface area contributed by atoms with Gasteiger partial charge in [0.2, 0.25) is 5.95 Å². The van der Waals surface area contributed by atoms with Crippen molar-refractivity contribution in [3.63, 3.8) is 0 Å². The predicted octanol–water partition coefficient (Wildman–Crippen LogP) is -0.505. The Bertz CT molecular complexity index is 751. The van der Waals surface area contributed by atoms with E-state index >= 15 is 0 Å². The van der Waals surface area contributed by atoms with E-state index in [1.54, 1.807) is 7.05 Å². The number of rotatable bonds is 0. The second-order valence-electron chi connectivity index (χ2n) is 4.91. The molecule has 3 heterocycles. The molecule has 0 saturated heterocycles. The largest absolute Gasteiger partial charge is 0.355 e. The molecule has 1 unspecified atom stereocenters. The molecule has 0 aliphatic carbocycles. The van der Waals surface area contributed by atoms with Crippen molar-refractivity contribution in [1.82, 2.24) is 18.7 Å². The maximum absolute atomic E-state index is 12.2. The molecule has 1 N–H and O–H groups in total. The number of nitrogens with one attached hydrogen (secondary N) is 1. The van der Waals surface area contributed by atoms with Crippen molar-refractivity contribution in [3.8, 4) is 0 Å². The second-order valence-corrected chi connectivity index (χ2v) is 4.91. The topological polar surface area (TPSA) is 73.8 Å². The Morgan fingerprint density at radius 3 is 2.72 bits per heavy atom. The molecule has 96 valence electrons. The van der Waals surface area contributed by atoms with Gasteiger partial charge in [0.1, 0.15) is 0 Å². The summed E-state index contributed by atoms with van der Waals surface area (Å²) in [7, 11) is 3.12. The molecular formula is C11H15N5O2. The molecule has 0 radical (unpaired) electrons. The third-order valence-corrected chi connectivity index (χ3v) is 3.45. The number of nitrogens with zero attached hydrogens (tertiary/aromatic N) is 4. The first-order valence-corrected chi connectivity index (χ1v) is 5.91. The smallest absolute Gasteiger partial charge is 0.332 e. The van der Waals surface area contributed by atoms with E-state index in [1.807, 2.05) is 4.57 Å². The fraction of sp³-hybridized carbons (Fsp3) is 0.545. The molecule has 2 aromatic rings. The number of hydrogen-bond donors (Lipinski definition) is 1. The standard InChI is InChI=1S/C11H15N5O2/c1-6-4-12-10-13-8-7(16(10)5-6)9(17)15(3)11(18)14(8)2/h6H,4-5H2,1-3H3,(H,12,13). The third-order valence-electron chi connectivity index (χ3n) is 3.45. The van der Waals surface area contributed by atoms with Gasteiger partial charge in [0.05, 0.1) is 0 Å². The van der Waals surface area contributed by atoms with Gasteiger partial charge >= 0.3 is 5.69 Å². The van der Waals surface area contributed by atoms with Crippen molar-refractivity contribution < 1.29 is 0 Å². The van der Waals surface area contributed by atoms with Crippen molar-refractivity contribution in [2.24, 2.45) is 20.0 Å². The molecule has 1 aliphatic rings. The van der Waals surface area contributed by atoms with E-state index in [9.17, 15) is 9.59 Å². The highest BCUT2D eigenvalue weighted by molar-refractivity contribution is 5.74. The fourth-order valence-corrected chi connectivity index (χ4v) is 2.40. The van der Waals surface area contributed by atoms with Crippen LogP contribution in [0.2, 0.25) is 0 Å². The molecule has 0 bridgehead atoms. The molecule has 0 spiro atoms. The summed E-state index contributed by atoms with van der Waals surface area (Å²) in [6.45, 7) is 3.68. The van der Waals surface area contributed by atoms with Crippen molar-refractivity contribution >= 4 is 17.1 Å². The van der Waals surface area contributed by atoms with Crippen molar-refractivity contribution in [3.05, 3.63) is 20.8 Å². The molecule has 18 heavy (non-hydrogen) atoms. The molecule has 7 heteroatoms. The predicted molar refractivity (Wildman–Crippen MR) is 67.9 cm³/mol. The van der Waals surface area contributed by atoms with Gasteiger partial charge in [-0.1, -0.05) is 6.92 Å². The number of fused-ring (bicyclic) bond motifs is 3. The third kappa shape index (κ3) is 1.27. The van der Waals surface area contributed by atoms with Gasteiger partial charge in [0, 0.05) is 27.2 Å². The minimum atomic E-state index is -0.351. The molecule has 7 nitrogen and oxygen atoms in total. The first-order valence-electron chi connectivity index (χ1n) is 5.91. The van der Waals surface area contributed by atoms with Crippen LogP contribution >= 0.6 is 0 Å². The molecular weight excluding hydrogens is 234 g/mol. The lowest BCUT2D eigenvalue weighted by Crippen LogP contribution is -2.38. The Hall–Kier alpha value is -2.05. The summed E-state index contributed by atoms with van der Waals surface area (Å²) in [6.07, 6.45) is 0. The fourth-order valence-electron chi connectivity index (χ4n) is 2.40. The van der Waals surface area contributed by atoms with E-state index in [1.165, 1.54) is 11.6 Å². The minimum absolute atomic E-state index is 0.289. The van der Waals surface area contributed by atoms with Gasteiger partial charge in [0.25, 0.3) is 5.56 Å². The number of anilines is 1. The highest BCUT2D eigenvalue weighted by atomic mass is 16.2. The van der Waals surface area contributed by atoms with Gasteiger partial charge < -0.3 is 9.88 Å². The monoisotopic (exact) mass is 249 g/mol. The van der Waals surface area contributed by atoms with Gasteiger partial charge in [-0.2, -0.15) is 4.98 Å². The lowest BCUT2D eigenvalue weighted by molar-refractivity contribution is 0.484. The van der Waals surface area contributed by atoms with Crippen LogP contribution < -0.4 is 16.6 Å². The Morgan fingerprint density at radius 2 is 2.00 bits per heavy atom. The maximum Gasteiger partial charge on any atom is 0.332 e. The Kier molecular flexibility index (Phi) is 2.13. The lowest BCUT2D eigenvalue weighted by Gasteiger charge is -2.21. The summed E-state index contributed by atoms with van der Waals surface area (Å²) in [6, 6.07) is 0. The van der Waals surface area contributed by atoms with Crippen molar-refractivity contribution in [2.75, 3.05) is 11.9 Å². The first kappa shape index (κ1) is 11.1. The average molecular weight is 249 g/mol. The molecule has 0 aromatic carbocycles. The highest BCUT2D eigenvalue weighted by Crippen LogP contribution is 2.21. The van der Waals surface area contributed by atoms with E-state index in [0.717, 1.165) is 17.7 Å². The van der Waals surface area contributed by atoms with Crippen molar-refractivity contribution in [1.29, 1.82) is 0 Å². The summed E-state index contributed by atoms with van der Waals surface area (Å²) in [4.78, 5) is 28.4. The zero-order valence-corrected chi connectivity index (χ0v) is 10.6. The van der Waals surface area contributed by atoms with Crippen LogP contribution in [-0.4, -0.2) is 25.2 Å². The van der Waals surface area contributed by atoms with Gasteiger partial charge in [-0.3, -0.25) is 13.9 Å². The Morgan fingerprint density at radius 1 is 1.28 bits per heavy atom. The van der Waals surface area contributed by atoms with E-state index in [-0.39, 0.29) is 11.2 Å². The van der Waals surface area contributed by atoms with Crippen LogP contribution in [0, 0.1) is 5.92 Å². The second kappa shape index (κ2) is 3.47. The maximum atomic E-state index is 12.2. The number of imidazole rings is 1. The normalized spacial score (nSPS) is 18.7. The quantitative estimate of drug-likeness (QED) is 0.683. The number of aryl methyl sites for hydroxylation is 1. The Labute approximate surface area is 103 Å². The van der Waals surface area contributed by atoms with E-state index in [0.29, 0.717) is 23.0 Å². The van der Waals surface area contributed by atoms with Gasteiger partial charge in [-0.25, -0.2) is 4.79 Å². The SMILES string of the molecule is CC1CNc2nc3c(c(=O)n(C)c(=O)n3C)n2C1. The van der Waals surface area contributed by atoms with Crippen LogP contribution in [0.5, 0.6) is 0 Å². The average Bonchev–Trinajstić information content (AvgIpc) is 2.72. The highest BCUT2D eigenvalue weighted by Gasteiger charge is 2.23. The summed E-state index contributed by atoms with van der Waals surface area (Å²) in [5.74, 6) is 1.10. The zero-order chi connectivity index (χ0) is 13.0. The van der Waals surface area contributed by atoms with Crippen LogP contribution in [0.25, 0.3) is 11.2 Å². The summed E-state index contributed by atoms with van der Waals surface area (Å²) in [5, 5.41) is 3.18. The first-order chi connectivity index (χ1) is 8.50. The van der Waals surface area contributed by atoms with E-state index in [4.69, 9.17) is 0 Å². The minimum Gasteiger partial charge on any atom is -0.355 e. The number of aromatic nitrogens is 4. The lowest BCUT2D eigenvalue weighted by atomic mass is 10.1. The van der Waals surface area contributed by atoms with Gasteiger partial charge in [-0.05, 0) is 5.92 Å². The van der Waals surface area contributed by atoms with Crippen LogP contribution in [0.15, 0.2) is 9.59 Å². The summed E-state index contributed by atoms with van der Waals surface area (Å²) < 4.78 is 4.40. The molecule has 3 rings (SSSR count). The zero-order valence-electron chi connectivity index (χ0n) is 10.6.